The number of aryl methyl sites for hydroxylation is 2. The predicted octanol–water partition coefficient (Wildman–Crippen LogP) is 4.38. The fourth-order valence-corrected chi connectivity index (χ4v) is 2.80. The first-order chi connectivity index (χ1) is 14.0. The molecule has 7 nitrogen and oxygen atoms in total. The first-order valence-corrected chi connectivity index (χ1v) is 8.84. The van der Waals surface area contributed by atoms with Crippen LogP contribution in [0, 0.1) is 25.2 Å². The lowest BCUT2D eigenvalue weighted by Crippen LogP contribution is -2.08. The van der Waals surface area contributed by atoms with E-state index in [0.29, 0.717) is 16.9 Å². The molecule has 7 heteroatoms. The number of rotatable bonds is 4. The second-order valence-electron chi connectivity index (χ2n) is 6.56. The number of hydrogen-bond acceptors (Lipinski definition) is 7. The van der Waals surface area contributed by atoms with Gasteiger partial charge in [0.05, 0.1) is 17.2 Å². The highest BCUT2D eigenvalue weighted by molar-refractivity contribution is 5.86. The molecule has 0 fully saturated rings. The maximum atomic E-state index is 12.6. The van der Waals surface area contributed by atoms with Crippen LogP contribution in [0.25, 0.3) is 22.4 Å². The van der Waals surface area contributed by atoms with Gasteiger partial charge in [0.25, 0.3) is 5.88 Å². The summed E-state index contributed by atoms with van der Waals surface area (Å²) in [5.41, 5.74) is 6.10. The standard InChI is InChI=1S/C22H16N4O3/c1-13-3-6-15(7-4-13)21-25-18(10-23)22(29-21)26-24-11-16-12-28-19-8-5-14(2)9-17(19)20(16)27/h3-9,11-12,26H,1-2H3/b24-11+. The van der Waals surface area contributed by atoms with E-state index in [2.05, 4.69) is 15.5 Å². The van der Waals surface area contributed by atoms with Crippen LogP contribution in [0.1, 0.15) is 22.4 Å². The van der Waals surface area contributed by atoms with E-state index in [4.69, 9.17) is 8.83 Å². The van der Waals surface area contributed by atoms with Gasteiger partial charge in [0.2, 0.25) is 17.0 Å². The number of oxazole rings is 1. The monoisotopic (exact) mass is 384 g/mol. The maximum Gasteiger partial charge on any atom is 0.252 e. The van der Waals surface area contributed by atoms with E-state index in [1.807, 2.05) is 50.2 Å². The number of hydrazone groups is 1. The number of aromatic nitrogens is 1. The average molecular weight is 384 g/mol. The molecular weight excluding hydrogens is 368 g/mol. The van der Waals surface area contributed by atoms with Crippen LogP contribution in [-0.2, 0) is 0 Å². The molecule has 0 aliphatic carbocycles. The zero-order chi connectivity index (χ0) is 20.4. The van der Waals surface area contributed by atoms with Crippen LogP contribution in [0.15, 0.2) is 67.5 Å². The molecule has 0 spiro atoms. The Hall–Kier alpha value is -4.18. The fraction of sp³-hybridized carbons (Fsp3) is 0.0909. The molecule has 142 valence electrons. The SMILES string of the molecule is Cc1ccc(-c2nc(C#N)c(N/N=C/c3coc4ccc(C)cc4c3=O)o2)cc1. The van der Waals surface area contributed by atoms with Crippen LogP contribution in [0.2, 0.25) is 0 Å². The summed E-state index contributed by atoms with van der Waals surface area (Å²) in [4.78, 5) is 16.8. The summed E-state index contributed by atoms with van der Waals surface area (Å²) in [6, 6.07) is 14.9. The van der Waals surface area contributed by atoms with Crippen molar-refractivity contribution in [3.05, 3.63) is 81.3 Å². The summed E-state index contributed by atoms with van der Waals surface area (Å²) in [6.45, 7) is 3.88. The Kier molecular flexibility index (Phi) is 4.67. The van der Waals surface area contributed by atoms with Gasteiger partial charge in [-0.1, -0.05) is 29.3 Å². The molecule has 0 saturated heterocycles. The van der Waals surface area contributed by atoms with Crippen LogP contribution in [-0.4, -0.2) is 11.2 Å². The normalized spacial score (nSPS) is 11.1. The molecule has 0 unspecified atom stereocenters. The van der Waals surface area contributed by atoms with Crippen molar-refractivity contribution in [1.82, 2.24) is 4.98 Å². The molecule has 0 saturated carbocycles. The highest BCUT2D eigenvalue weighted by Crippen LogP contribution is 2.25. The van der Waals surface area contributed by atoms with E-state index in [9.17, 15) is 10.1 Å². The van der Waals surface area contributed by atoms with Gasteiger partial charge in [-0.05, 0) is 38.1 Å². The third-order valence-corrected chi connectivity index (χ3v) is 4.36. The molecule has 29 heavy (non-hydrogen) atoms. The van der Waals surface area contributed by atoms with Crippen molar-refractivity contribution in [3.8, 4) is 17.5 Å². The highest BCUT2D eigenvalue weighted by atomic mass is 16.4. The Bertz CT molecular complexity index is 1330. The summed E-state index contributed by atoms with van der Waals surface area (Å²) < 4.78 is 11.1. The lowest BCUT2D eigenvalue weighted by atomic mass is 10.1. The third kappa shape index (κ3) is 3.64. The minimum Gasteiger partial charge on any atom is -0.463 e. The molecule has 2 heterocycles. The molecule has 2 aromatic carbocycles. The summed E-state index contributed by atoms with van der Waals surface area (Å²) in [6.07, 6.45) is 2.66. The average Bonchev–Trinajstić information content (AvgIpc) is 3.14. The summed E-state index contributed by atoms with van der Waals surface area (Å²) in [5.74, 6) is 0.403. The number of fused-ring (bicyclic) bond motifs is 1. The molecule has 2 aromatic heterocycles. The first-order valence-electron chi connectivity index (χ1n) is 8.84. The van der Waals surface area contributed by atoms with Crippen LogP contribution < -0.4 is 10.9 Å². The van der Waals surface area contributed by atoms with Crippen LogP contribution in [0.3, 0.4) is 0 Å². The van der Waals surface area contributed by atoms with E-state index in [-0.39, 0.29) is 22.6 Å². The van der Waals surface area contributed by atoms with E-state index >= 15 is 0 Å². The Morgan fingerprint density at radius 1 is 1.14 bits per heavy atom. The van der Waals surface area contributed by atoms with Gasteiger partial charge in [-0.25, -0.2) is 5.43 Å². The van der Waals surface area contributed by atoms with Gasteiger partial charge < -0.3 is 8.83 Å². The van der Waals surface area contributed by atoms with Crippen LogP contribution in [0.5, 0.6) is 0 Å². The first kappa shape index (κ1) is 18.2. The van der Waals surface area contributed by atoms with Crippen molar-refractivity contribution in [1.29, 1.82) is 5.26 Å². The summed E-state index contributed by atoms with van der Waals surface area (Å²) >= 11 is 0. The Balaban J connectivity index is 1.61. The zero-order valence-corrected chi connectivity index (χ0v) is 15.8. The number of nitrogens with zero attached hydrogens (tertiary/aromatic N) is 3. The molecule has 0 aliphatic heterocycles. The molecular formula is C22H16N4O3. The third-order valence-electron chi connectivity index (χ3n) is 4.36. The minimum atomic E-state index is -0.195. The van der Waals surface area contributed by atoms with Gasteiger partial charge in [-0.3, -0.25) is 4.79 Å². The van der Waals surface area contributed by atoms with E-state index in [0.717, 1.165) is 16.7 Å². The minimum absolute atomic E-state index is 0.0684. The van der Waals surface area contributed by atoms with Gasteiger partial charge in [0.1, 0.15) is 17.9 Å². The Morgan fingerprint density at radius 2 is 1.90 bits per heavy atom. The van der Waals surface area contributed by atoms with Crippen molar-refractivity contribution in [2.45, 2.75) is 13.8 Å². The van der Waals surface area contributed by atoms with Crippen molar-refractivity contribution >= 4 is 23.1 Å². The molecule has 1 N–H and O–H groups in total. The molecule has 4 rings (SSSR count). The largest absolute Gasteiger partial charge is 0.463 e. The van der Waals surface area contributed by atoms with E-state index in [1.165, 1.54) is 12.5 Å². The Morgan fingerprint density at radius 3 is 2.66 bits per heavy atom. The number of benzene rings is 2. The molecule has 0 amide bonds. The number of anilines is 1. The van der Waals surface area contributed by atoms with Gasteiger partial charge in [0, 0.05) is 5.56 Å². The molecule has 0 aliphatic rings. The topological polar surface area (TPSA) is 104 Å². The lowest BCUT2D eigenvalue weighted by Gasteiger charge is -2.00. The second-order valence-corrected chi connectivity index (χ2v) is 6.56. The predicted molar refractivity (Wildman–Crippen MR) is 110 cm³/mol. The van der Waals surface area contributed by atoms with Gasteiger partial charge in [-0.15, -0.1) is 0 Å². The fourth-order valence-electron chi connectivity index (χ4n) is 2.80. The molecule has 0 bridgehead atoms. The lowest BCUT2D eigenvalue weighted by molar-refractivity contribution is 0.587. The van der Waals surface area contributed by atoms with Crippen LogP contribution >= 0.6 is 0 Å². The number of nitrogens with one attached hydrogen (secondary N) is 1. The second kappa shape index (κ2) is 7.44. The smallest absolute Gasteiger partial charge is 0.252 e. The van der Waals surface area contributed by atoms with Crippen molar-refractivity contribution in [3.63, 3.8) is 0 Å². The van der Waals surface area contributed by atoms with Crippen molar-refractivity contribution in [2.75, 3.05) is 5.43 Å². The van der Waals surface area contributed by atoms with E-state index in [1.54, 1.807) is 12.1 Å². The molecule has 4 aromatic rings. The van der Waals surface area contributed by atoms with Crippen molar-refractivity contribution in [2.24, 2.45) is 5.10 Å². The van der Waals surface area contributed by atoms with Gasteiger partial charge in [-0.2, -0.15) is 15.3 Å². The Labute approximate surface area is 165 Å². The molecule has 0 atom stereocenters. The van der Waals surface area contributed by atoms with E-state index < -0.39 is 0 Å². The summed E-state index contributed by atoms with van der Waals surface area (Å²) in [7, 11) is 0. The van der Waals surface area contributed by atoms with Gasteiger partial charge >= 0.3 is 0 Å². The summed E-state index contributed by atoms with van der Waals surface area (Å²) in [5, 5.41) is 13.8. The highest BCUT2D eigenvalue weighted by Gasteiger charge is 2.14. The zero-order valence-electron chi connectivity index (χ0n) is 15.8. The van der Waals surface area contributed by atoms with Gasteiger partial charge in [0.15, 0.2) is 0 Å². The number of nitriles is 1. The number of hydrogen-bond donors (Lipinski definition) is 1. The quantitative estimate of drug-likeness (QED) is 0.413. The van der Waals surface area contributed by atoms with Crippen LogP contribution in [0.4, 0.5) is 5.88 Å². The van der Waals surface area contributed by atoms with Crippen molar-refractivity contribution < 1.29 is 8.83 Å². The molecule has 0 radical (unpaired) electrons. The maximum absolute atomic E-state index is 12.6.